The van der Waals surface area contributed by atoms with Gasteiger partial charge in [-0.25, -0.2) is 0 Å². The second-order valence-electron chi connectivity index (χ2n) is 4.23. The molecule has 0 saturated carbocycles. The van der Waals surface area contributed by atoms with Gasteiger partial charge in [-0.3, -0.25) is 0 Å². The van der Waals surface area contributed by atoms with Crippen molar-refractivity contribution in [2.75, 3.05) is 17.3 Å². The average molecular weight is 527 g/mol. The molecule has 0 aromatic heterocycles. The van der Waals surface area contributed by atoms with Gasteiger partial charge in [0, 0.05) is 5.75 Å². The topological polar surface area (TPSA) is 0 Å². The highest BCUT2D eigenvalue weighted by molar-refractivity contribution is 8.74. The molecule has 0 heterocycles. The third-order valence-electron chi connectivity index (χ3n) is 1.21. The largest absolute Gasteiger partial charge is 0.673 e. The predicted octanol–water partition coefficient (Wildman–Crippen LogP) is 8.29. The van der Waals surface area contributed by atoms with E-state index < -0.39 is 29.0 Å². The second-order valence-corrected chi connectivity index (χ2v) is 8.86. The fraction of sp³-hybridized carbons (Fsp3) is 1.00. The van der Waals surface area contributed by atoms with E-state index in [1.54, 1.807) is 0 Å². The quantitative estimate of drug-likeness (QED) is 0.145. The zero-order chi connectivity index (χ0) is 25.8. The van der Waals surface area contributed by atoms with E-state index in [0.717, 1.165) is 0 Å². The Labute approximate surface area is 170 Å². The Balaban J connectivity index is -0.0000000908. The van der Waals surface area contributed by atoms with Gasteiger partial charge in [0.2, 0.25) is 0 Å². The Bertz CT molecular complexity index is 272. The highest BCUT2D eigenvalue weighted by Gasteiger charge is 2.22. The van der Waals surface area contributed by atoms with Gasteiger partial charge in [0.1, 0.15) is 11.5 Å². The fourth-order valence-corrected chi connectivity index (χ4v) is 4.71. The van der Waals surface area contributed by atoms with Crippen LogP contribution in [-0.2, 0) is 9.93 Å². The normalized spacial score (nSPS) is 12.5. The van der Waals surface area contributed by atoms with Crippen LogP contribution in [0.25, 0.3) is 0 Å². The Hall–Kier alpha value is -0.160. The van der Waals surface area contributed by atoms with Crippen LogP contribution in [0.1, 0.15) is 33.6 Å². The molecular formula is C8H19B4F16S2-3. The van der Waals surface area contributed by atoms with E-state index in [9.17, 15) is 69.1 Å². The van der Waals surface area contributed by atoms with Crippen LogP contribution in [0.5, 0.6) is 0 Å². The van der Waals surface area contributed by atoms with E-state index in [4.69, 9.17) is 0 Å². The van der Waals surface area contributed by atoms with Gasteiger partial charge < -0.3 is 69.1 Å². The predicted molar refractivity (Wildman–Crippen MR) is 96.6 cm³/mol. The van der Waals surface area contributed by atoms with Crippen LogP contribution >= 0.6 is 10.8 Å². The van der Waals surface area contributed by atoms with Crippen molar-refractivity contribution < 1.29 is 69.1 Å². The van der Waals surface area contributed by atoms with E-state index in [-0.39, 0.29) is 0 Å². The number of rotatable bonds is 6. The highest BCUT2D eigenvalue weighted by atomic mass is 33.1. The molecule has 0 rings (SSSR count). The average Bonchev–Trinajstić information content (AvgIpc) is 2.36. The third kappa shape index (κ3) is 257. The lowest BCUT2D eigenvalue weighted by atomic mass is 10.3. The zero-order valence-corrected chi connectivity index (χ0v) is 17.3. The van der Waals surface area contributed by atoms with Gasteiger partial charge in [-0.2, -0.15) is 0 Å². The first-order chi connectivity index (χ1) is 12.8. The Morgan fingerprint density at radius 1 is 0.500 bits per heavy atom. The maximum atomic E-state index is 9.75. The van der Waals surface area contributed by atoms with Crippen molar-refractivity contribution in [1.29, 1.82) is 0 Å². The van der Waals surface area contributed by atoms with E-state index >= 15 is 0 Å². The first-order valence-electron chi connectivity index (χ1n) is 7.65. The molecule has 0 saturated heterocycles. The van der Waals surface area contributed by atoms with Gasteiger partial charge in [0.15, 0.2) is 0 Å². The lowest BCUT2D eigenvalue weighted by molar-refractivity contribution is 0.366. The molecule has 0 aliphatic rings. The molecule has 22 heteroatoms. The number of hydrogen-bond donors (Lipinski definition) is 0. The summed E-state index contributed by atoms with van der Waals surface area (Å²) >= 11 is 0. The molecule has 0 fully saturated rings. The third-order valence-corrected chi connectivity index (χ3v) is 6.33. The van der Waals surface area contributed by atoms with Gasteiger partial charge in [-0.05, 0) is 19.8 Å². The monoisotopic (exact) mass is 527 g/mol. The summed E-state index contributed by atoms with van der Waals surface area (Å²) in [6, 6.07) is 0. The molecule has 0 N–H and O–H groups in total. The van der Waals surface area contributed by atoms with Gasteiger partial charge in [-0.15, -0.1) is 0 Å². The van der Waals surface area contributed by atoms with Gasteiger partial charge >= 0.3 is 29.0 Å². The molecule has 1 unspecified atom stereocenters. The summed E-state index contributed by atoms with van der Waals surface area (Å²) in [6.07, 6.45) is 2.69. The molecule has 0 aromatic carbocycles. The summed E-state index contributed by atoms with van der Waals surface area (Å²) < 4.78 is 156. The molecular weight excluding hydrogens is 507 g/mol. The van der Waals surface area contributed by atoms with E-state index in [0.29, 0.717) is 9.93 Å². The van der Waals surface area contributed by atoms with Crippen LogP contribution in [-0.4, -0.2) is 46.3 Å². The number of hydrogen-bond acceptors (Lipinski definition) is 1. The highest BCUT2D eigenvalue weighted by Crippen LogP contribution is 2.18. The Morgan fingerprint density at radius 3 is 0.867 bits per heavy atom. The summed E-state index contributed by atoms with van der Waals surface area (Å²) in [5, 5.41) is 0. The minimum Gasteiger partial charge on any atom is -0.418 e. The minimum atomic E-state index is -6.00. The van der Waals surface area contributed by atoms with E-state index in [1.165, 1.54) is 30.1 Å². The smallest absolute Gasteiger partial charge is 0.418 e. The molecule has 190 valence electrons. The summed E-state index contributed by atoms with van der Waals surface area (Å²) in [7, 11) is -21.1. The molecule has 0 radical (unpaired) electrons. The molecule has 0 aliphatic heterocycles. The van der Waals surface area contributed by atoms with Crippen molar-refractivity contribution in [1.82, 2.24) is 0 Å². The van der Waals surface area contributed by atoms with Crippen LogP contribution in [0.15, 0.2) is 0 Å². The van der Waals surface area contributed by atoms with Crippen molar-refractivity contribution in [3.05, 3.63) is 0 Å². The first kappa shape index (κ1) is 40.2. The summed E-state index contributed by atoms with van der Waals surface area (Å²) in [5.74, 6) is 4.16. The van der Waals surface area contributed by atoms with Crippen molar-refractivity contribution in [2.24, 2.45) is 0 Å². The fourth-order valence-electron chi connectivity index (χ4n) is 0.715. The van der Waals surface area contributed by atoms with Gasteiger partial charge in [0.05, 0.1) is 20.7 Å². The maximum absolute atomic E-state index is 9.75. The molecule has 30 heavy (non-hydrogen) atoms. The maximum Gasteiger partial charge on any atom is 0.673 e. The standard InChI is InChI=1S/C8H19S2.4BF4/c1-4-7-9-10(6-3)8-5-2;4*2-1(3,4)5/h4-8H2,1-3H3;;;;/q+1;4*-1. The minimum absolute atomic E-state index is 0.685. The van der Waals surface area contributed by atoms with Crippen LogP contribution in [0.3, 0.4) is 0 Å². The lowest BCUT2D eigenvalue weighted by Gasteiger charge is -2.00. The van der Waals surface area contributed by atoms with Gasteiger partial charge in [0.25, 0.3) is 0 Å². The second kappa shape index (κ2) is 20.7. The van der Waals surface area contributed by atoms with E-state index in [1.807, 2.05) is 0 Å². The summed E-state index contributed by atoms with van der Waals surface area (Å²) in [4.78, 5) is 0. The molecule has 0 spiro atoms. The number of halogens is 16. The molecule has 0 bridgehead atoms. The van der Waals surface area contributed by atoms with Crippen molar-refractivity contribution >= 4 is 49.7 Å². The molecule has 0 amide bonds. The van der Waals surface area contributed by atoms with Crippen LogP contribution < -0.4 is 0 Å². The van der Waals surface area contributed by atoms with Crippen molar-refractivity contribution in [3.63, 3.8) is 0 Å². The molecule has 1 atom stereocenters. The summed E-state index contributed by atoms with van der Waals surface area (Å²) in [5.41, 5.74) is 0. The van der Waals surface area contributed by atoms with Crippen LogP contribution in [0.4, 0.5) is 69.1 Å². The van der Waals surface area contributed by atoms with Crippen LogP contribution in [0.2, 0.25) is 0 Å². The molecule has 0 nitrogen and oxygen atoms in total. The van der Waals surface area contributed by atoms with E-state index in [2.05, 4.69) is 31.6 Å². The molecule has 0 aliphatic carbocycles. The van der Waals surface area contributed by atoms with Crippen molar-refractivity contribution in [2.45, 2.75) is 33.6 Å². The Morgan fingerprint density at radius 2 is 0.733 bits per heavy atom. The zero-order valence-electron chi connectivity index (χ0n) is 15.7. The van der Waals surface area contributed by atoms with Gasteiger partial charge in [-0.1, -0.05) is 13.8 Å². The van der Waals surface area contributed by atoms with Crippen molar-refractivity contribution in [3.8, 4) is 0 Å². The lowest BCUT2D eigenvalue weighted by Crippen LogP contribution is -2.04. The summed E-state index contributed by atoms with van der Waals surface area (Å²) in [6.45, 7) is 6.85. The SMILES string of the molecule is CCCS[S+](CC)CCC.F[B-](F)(F)F.F[B-](F)(F)F.F[B-](F)(F)F.F[B-](F)(F)F. The van der Waals surface area contributed by atoms with Crippen LogP contribution in [0, 0.1) is 0 Å². The first-order valence-corrected chi connectivity index (χ1v) is 10.7. The Kier molecular flexibility index (Phi) is 27.8. The molecule has 0 aromatic rings.